The Labute approximate surface area is 98.8 Å². The Kier molecular flexibility index (Phi) is 4.41. The van der Waals surface area contributed by atoms with E-state index in [1.807, 2.05) is 6.07 Å². The maximum absolute atomic E-state index is 5.77. The monoisotopic (exact) mass is 217 g/mol. The zero-order chi connectivity index (χ0) is 11.2. The minimum Gasteiger partial charge on any atom is -0.376 e. The summed E-state index contributed by atoms with van der Waals surface area (Å²) in [5.41, 5.74) is 1.27. The second-order valence-electron chi connectivity index (χ2n) is 4.89. The van der Waals surface area contributed by atoms with Crippen LogP contribution in [-0.4, -0.2) is 6.61 Å². The molecule has 0 saturated heterocycles. The smallest absolute Gasteiger partial charge is 0.0717 e. The Morgan fingerprint density at radius 3 is 2.44 bits per heavy atom. The van der Waals surface area contributed by atoms with Crippen LogP contribution in [0.1, 0.15) is 31.2 Å². The average Bonchev–Trinajstić information content (AvgIpc) is 2.33. The Bertz CT molecular complexity index is 286. The van der Waals surface area contributed by atoms with Crippen molar-refractivity contribution >= 4 is 0 Å². The fraction of sp³-hybridized carbons (Fsp3) is 0.533. The first-order chi connectivity index (χ1) is 7.84. The predicted octanol–water partition coefficient (Wildman–Crippen LogP) is 3.84. The molecule has 1 saturated carbocycles. The van der Waals surface area contributed by atoms with Gasteiger partial charge in [-0.1, -0.05) is 50.1 Å². The number of ether oxygens (including phenoxy) is 1. The molecule has 0 bridgehead atoms. The lowest BCUT2D eigenvalue weighted by Crippen LogP contribution is -2.17. The summed E-state index contributed by atoms with van der Waals surface area (Å²) in [7, 11) is 0. The summed E-state index contributed by atoms with van der Waals surface area (Å²) in [6, 6.07) is 10.4. The zero-order valence-corrected chi connectivity index (χ0v) is 9.90. The first kappa shape index (κ1) is 11.7. The van der Waals surface area contributed by atoms with Crippen molar-refractivity contribution in [2.45, 2.75) is 32.3 Å². The van der Waals surface area contributed by atoms with E-state index in [0.29, 0.717) is 5.92 Å². The number of rotatable bonds is 4. The molecule has 1 heteroatoms. The molecule has 1 aliphatic carbocycles. The summed E-state index contributed by atoms with van der Waals surface area (Å²) < 4.78 is 5.77. The van der Waals surface area contributed by atoms with Crippen LogP contribution in [0.4, 0.5) is 0 Å². The van der Waals surface area contributed by atoms with Crippen LogP contribution in [0.5, 0.6) is 0 Å². The second-order valence-corrected chi connectivity index (χ2v) is 4.89. The molecule has 0 amide bonds. The highest BCUT2D eigenvalue weighted by molar-refractivity contribution is 5.13. The molecule has 0 unspecified atom stereocenters. The molecule has 1 fully saturated rings. The predicted molar refractivity (Wildman–Crippen MR) is 66.9 cm³/mol. The molecule has 1 aromatic carbocycles. The molecule has 0 spiro atoms. The highest BCUT2D eigenvalue weighted by atomic mass is 16.5. The van der Waals surface area contributed by atoms with Crippen molar-refractivity contribution in [1.82, 2.24) is 0 Å². The number of hydrogen-bond donors (Lipinski definition) is 0. The van der Waals surface area contributed by atoms with Gasteiger partial charge >= 0.3 is 0 Å². The van der Waals surface area contributed by atoms with Crippen molar-refractivity contribution in [2.24, 2.45) is 11.8 Å². The van der Waals surface area contributed by atoms with Crippen LogP contribution in [0.25, 0.3) is 0 Å². The third-order valence-electron chi connectivity index (χ3n) is 3.43. The Balaban J connectivity index is 1.65. The Morgan fingerprint density at radius 2 is 1.75 bits per heavy atom. The number of benzene rings is 1. The van der Waals surface area contributed by atoms with E-state index < -0.39 is 0 Å². The SMILES string of the molecule is [CH2]C1CCC(COCc2ccccc2)CC1. The topological polar surface area (TPSA) is 9.23 Å². The van der Waals surface area contributed by atoms with Crippen molar-refractivity contribution < 1.29 is 4.74 Å². The van der Waals surface area contributed by atoms with Gasteiger partial charge in [-0.05, 0) is 30.2 Å². The fourth-order valence-electron chi connectivity index (χ4n) is 2.32. The summed E-state index contributed by atoms with van der Waals surface area (Å²) in [5, 5.41) is 0. The minimum absolute atomic E-state index is 0.686. The summed E-state index contributed by atoms with van der Waals surface area (Å²) >= 11 is 0. The lowest BCUT2D eigenvalue weighted by molar-refractivity contribution is 0.0699. The molecular weight excluding hydrogens is 196 g/mol. The minimum atomic E-state index is 0.686. The summed E-state index contributed by atoms with van der Waals surface area (Å²) in [4.78, 5) is 0. The molecule has 87 valence electrons. The van der Waals surface area contributed by atoms with Gasteiger partial charge in [-0.3, -0.25) is 0 Å². The van der Waals surface area contributed by atoms with E-state index in [0.717, 1.165) is 19.1 Å². The summed E-state index contributed by atoms with van der Waals surface area (Å²) in [6.07, 6.45) is 5.14. The van der Waals surface area contributed by atoms with E-state index in [1.54, 1.807) is 0 Å². The second kappa shape index (κ2) is 6.05. The van der Waals surface area contributed by atoms with E-state index in [4.69, 9.17) is 4.74 Å². The van der Waals surface area contributed by atoms with E-state index in [2.05, 4.69) is 31.2 Å². The van der Waals surface area contributed by atoms with Crippen molar-refractivity contribution in [1.29, 1.82) is 0 Å². The lowest BCUT2D eigenvalue weighted by atomic mass is 9.83. The molecule has 0 heterocycles. The standard InChI is InChI=1S/C15H21O/c1-13-7-9-15(10-8-13)12-16-11-14-5-3-2-4-6-14/h2-6,13,15H,1,7-12H2. The third kappa shape index (κ3) is 3.64. The molecule has 0 aliphatic heterocycles. The van der Waals surface area contributed by atoms with Crippen molar-refractivity contribution in [3.63, 3.8) is 0 Å². The van der Waals surface area contributed by atoms with Crippen LogP contribution in [-0.2, 0) is 11.3 Å². The average molecular weight is 217 g/mol. The summed E-state index contributed by atoms with van der Waals surface area (Å²) in [5.74, 6) is 1.45. The number of hydrogen-bond acceptors (Lipinski definition) is 1. The van der Waals surface area contributed by atoms with E-state index in [-0.39, 0.29) is 0 Å². The first-order valence-corrected chi connectivity index (χ1v) is 6.29. The van der Waals surface area contributed by atoms with E-state index in [1.165, 1.54) is 31.2 Å². The van der Waals surface area contributed by atoms with Crippen LogP contribution in [0.3, 0.4) is 0 Å². The normalized spacial score (nSPS) is 25.6. The van der Waals surface area contributed by atoms with Crippen molar-refractivity contribution in [3.8, 4) is 0 Å². The van der Waals surface area contributed by atoms with Gasteiger partial charge in [0, 0.05) is 6.61 Å². The van der Waals surface area contributed by atoms with Gasteiger partial charge in [0.2, 0.25) is 0 Å². The molecule has 1 aliphatic rings. The van der Waals surface area contributed by atoms with Crippen LogP contribution in [0, 0.1) is 18.8 Å². The fourth-order valence-corrected chi connectivity index (χ4v) is 2.32. The van der Waals surface area contributed by atoms with E-state index >= 15 is 0 Å². The van der Waals surface area contributed by atoms with Crippen LogP contribution >= 0.6 is 0 Å². The van der Waals surface area contributed by atoms with Crippen LogP contribution in [0.15, 0.2) is 30.3 Å². The zero-order valence-electron chi connectivity index (χ0n) is 9.90. The maximum Gasteiger partial charge on any atom is 0.0717 e. The molecule has 1 aromatic rings. The van der Waals surface area contributed by atoms with Crippen molar-refractivity contribution in [3.05, 3.63) is 42.8 Å². The molecule has 0 N–H and O–H groups in total. The van der Waals surface area contributed by atoms with Gasteiger partial charge in [0.05, 0.1) is 6.61 Å². The van der Waals surface area contributed by atoms with Crippen LogP contribution < -0.4 is 0 Å². The quantitative estimate of drug-likeness (QED) is 0.744. The molecule has 16 heavy (non-hydrogen) atoms. The Morgan fingerprint density at radius 1 is 1.06 bits per heavy atom. The first-order valence-electron chi connectivity index (χ1n) is 6.29. The van der Waals surface area contributed by atoms with Gasteiger partial charge in [0.1, 0.15) is 0 Å². The highest BCUT2D eigenvalue weighted by Crippen LogP contribution is 2.28. The molecule has 0 aromatic heterocycles. The Hall–Kier alpha value is -0.820. The van der Waals surface area contributed by atoms with Crippen LogP contribution in [0.2, 0.25) is 0 Å². The van der Waals surface area contributed by atoms with E-state index in [9.17, 15) is 0 Å². The van der Waals surface area contributed by atoms with Gasteiger partial charge < -0.3 is 4.74 Å². The third-order valence-corrected chi connectivity index (χ3v) is 3.43. The lowest BCUT2D eigenvalue weighted by Gasteiger charge is -2.25. The maximum atomic E-state index is 5.77. The largest absolute Gasteiger partial charge is 0.376 e. The van der Waals surface area contributed by atoms with Gasteiger partial charge in [-0.15, -0.1) is 0 Å². The highest BCUT2D eigenvalue weighted by Gasteiger charge is 2.17. The molecule has 1 radical (unpaired) electrons. The molecular formula is C15H21O. The molecule has 0 atom stereocenters. The van der Waals surface area contributed by atoms with Crippen molar-refractivity contribution in [2.75, 3.05) is 6.61 Å². The summed E-state index contributed by atoms with van der Waals surface area (Å²) in [6.45, 7) is 5.79. The molecule has 1 nitrogen and oxygen atoms in total. The van der Waals surface area contributed by atoms with Gasteiger partial charge in [-0.25, -0.2) is 0 Å². The molecule has 2 rings (SSSR count). The van der Waals surface area contributed by atoms with Gasteiger partial charge in [0.25, 0.3) is 0 Å². The van der Waals surface area contributed by atoms with Gasteiger partial charge in [0.15, 0.2) is 0 Å². The van der Waals surface area contributed by atoms with Gasteiger partial charge in [-0.2, -0.15) is 0 Å².